The van der Waals surface area contributed by atoms with Crippen LogP contribution in [0.3, 0.4) is 0 Å². The number of fused-ring (bicyclic) bond motifs is 8. The molecule has 0 spiro atoms. The molecule has 44 heteroatoms. The van der Waals surface area contributed by atoms with Crippen molar-refractivity contribution in [2.75, 3.05) is 38.0 Å². The van der Waals surface area contributed by atoms with Gasteiger partial charge in [0, 0.05) is 80.6 Å². The van der Waals surface area contributed by atoms with Gasteiger partial charge >= 0.3 is 19.5 Å². The predicted molar refractivity (Wildman–Crippen MR) is 403 cm³/mol. The molecule has 0 unspecified atom stereocenters. The van der Waals surface area contributed by atoms with Crippen LogP contribution in [-0.2, 0) is 98.5 Å². The van der Waals surface area contributed by atoms with Gasteiger partial charge in [0.1, 0.15) is 55.2 Å². The van der Waals surface area contributed by atoms with E-state index >= 15 is 0 Å². The zero-order valence-corrected chi connectivity index (χ0v) is 71.2. The number of aromatic amines is 6. The maximum atomic E-state index is 11.2. The molecule has 6 aromatic heterocycles. The number of H-pyrrole nitrogens is 6. The third-order valence-electron chi connectivity index (χ3n) is 16.1. The molecule has 38 nitrogen and oxygen atoms in total. The van der Waals surface area contributed by atoms with E-state index in [2.05, 4.69) is 76.1 Å². The number of hydrogen-bond donors (Lipinski definition) is 7. The summed E-state index contributed by atoms with van der Waals surface area (Å²) in [5, 5.41) is 13.5. The first-order valence-corrected chi connectivity index (χ1v) is 37.5. The number of aromatic nitrogens is 12. The van der Waals surface area contributed by atoms with E-state index in [1.165, 1.54) is 12.1 Å². The van der Waals surface area contributed by atoms with E-state index in [9.17, 15) is 25.9 Å². The molecule has 21 N–H and O–H groups in total. The van der Waals surface area contributed by atoms with Crippen LogP contribution in [0, 0.1) is 20.5 Å². The second kappa shape index (κ2) is 45.5. The van der Waals surface area contributed by atoms with Crippen molar-refractivity contribution in [2.24, 2.45) is 0 Å². The Morgan fingerprint density at radius 3 is 0.655 bits per heavy atom. The molecule has 0 bridgehead atoms. The van der Waals surface area contributed by atoms with E-state index in [-0.39, 0.29) is 81.6 Å². The van der Waals surface area contributed by atoms with Gasteiger partial charge in [0.05, 0.1) is 115 Å². The number of nitrogens with one attached hydrogen (secondary N) is 6. The standard InChI is InChI=1S/2C24H21N7.2C12H13NO3S.2ClHO4.H2O2.6H2O.2Zn/c2*1-2-8-17-16(7-1)25-22(26-17)13-31(14-23-27-18-9-3-4-10-19(18)28-23)15-24-29-20-11-5-6-12-21(20)30-24;2*1-13(2)11-7-3-6-10-9(11)5-4-8-12(10)17(14,15)16;2*2-1(3,4)5;1-2;;;;;;;;/h2*1-12H,13-15H2,(H,25,26)(H,27,28)(H,29,30);2*3-8H,1-2H3,(H,14,15,16);2*(H,2,3,4,5);1-2H;6*1H2;;/q;;;;;;;;;;;;;;+2/p-3. The Balaban J connectivity index is 0.000000504. The van der Waals surface area contributed by atoms with Crippen molar-refractivity contribution in [2.45, 2.75) is 49.1 Å². The van der Waals surface area contributed by atoms with Gasteiger partial charge in [-0.3, -0.25) is 15.1 Å². The molecular formula is C72H81Cl2N16O22S2Zn2-. The molecule has 6 heterocycles. The van der Waals surface area contributed by atoms with Gasteiger partial charge in [0.2, 0.25) is 0 Å². The summed E-state index contributed by atoms with van der Waals surface area (Å²) in [6.07, 6.45) is 0. The van der Waals surface area contributed by atoms with E-state index in [0.29, 0.717) is 50.0 Å². The van der Waals surface area contributed by atoms with E-state index in [4.69, 9.17) is 77.7 Å². The van der Waals surface area contributed by atoms with Crippen LogP contribution in [0.1, 0.15) is 34.9 Å². The van der Waals surface area contributed by atoms with Gasteiger partial charge in [0.25, 0.3) is 0 Å². The first-order valence-electron chi connectivity index (χ1n) is 32.2. The smallest absolute Gasteiger partial charge is 0.744 e. The minimum atomic E-state index is -4.94. The summed E-state index contributed by atoms with van der Waals surface area (Å²) in [6, 6.07) is 68.6. The van der Waals surface area contributed by atoms with Crippen LogP contribution < -0.4 is 47.1 Å². The summed E-state index contributed by atoms with van der Waals surface area (Å²) >= 11 is 0. The molecule has 16 aromatic rings. The number of nitrogens with zero attached hydrogens (tertiary/aromatic N) is 10. The molecule has 0 saturated carbocycles. The third kappa shape index (κ3) is 28.8. The zero-order valence-electron chi connectivity index (χ0n) is 62.1. The summed E-state index contributed by atoms with van der Waals surface area (Å²) in [5.74, 6) is 5.55. The molecule has 0 saturated heterocycles. The Labute approximate surface area is 690 Å². The van der Waals surface area contributed by atoms with Gasteiger partial charge in [-0.25, -0.2) is 84.0 Å². The normalized spacial score (nSPS) is 10.9. The van der Waals surface area contributed by atoms with E-state index in [0.717, 1.165) is 123 Å². The molecule has 612 valence electrons. The largest absolute Gasteiger partial charge is 2.00 e. The minimum absolute atomic E-state index is 0. The SMILES string of the molecule is CN(C)c1cccc2c(S(=O)(=O)[O-])cccc12.CN(C)c1cccc2c(S(=O)(=O)[O-])cccc12.O.O.O.O.O.O.O[OH2+].[O-][Cl+3]([O-])([O-])[O-].[O-][Cl+3]([O-])([O-])[O-].[Zn+2].[Zn].c1ccc2[nH]c(CN(Cc3nc4ccccc4[nH]3)Cc3nc4ccccc4[nH]3)nc2c1.c1ccc2[nH]c(CN(Cc3nc4ccccc4[nH]3)Cc3nc4ccccc4[nH]3)nc2c1. The number of hydrogen-bond acceptors (Lipinski definition) is 25. The summed E-state index contributed by atoms with van der Waals surface area (Å²) < 4.78 is 135. The topological polar surface area (TPSA) is 716 Å². The Bertz CT molecular complexity index is 5020. The molecular weight excluding hydrogens is 1710 g/mol. The zero-order chi connectivity index (χ0) is 77.5. The van der Waals surface area contributed by atoms with Gasteiger partial charge in [-0.15, -0.1) is 25.7 Å². The number of para-hydroxylation sites is 12. The Kier molecular flexibility index (Phi) is 40.1. The molecule has 0 radical (unpaired) electrons. The van der Waals surface area contributed by atoms with Crippen molar-refractivity contribution >= 4 is 119 Å². The maximum absolute atomic E-state index is 11.2. The average molecular weight is 1790 g/mol. The quantitative estimate of drug-likeness (QED) is 0.0171. The number of anilines is 2. The molecule has 0 aliphatic heterocycles. The van der Waals surface area contributed by atoms with Crippen molar-refractivity contribution in [1.29, 1.82) is 0 Å². The molecule has 0 aliphatic rings. The van der Waals surface area contributed by atoms with Gasteiger partial charge < -0.3 is 81.7 Å². The number of rotatable bonds is 16. The molecule has 0 aliphatic carbocycles. The second-order valence-corrected chi connectivity index (χ2v) is 28.4. The van der Waals surface area contributed by atoms with Gasteiger partial charge in [-0.05, 0) is 97.1 Å². The minimum Gasteiger partial charge on any atom is -0.744 e. The fourth-order valence-corrected chi connectivity index (χ4v) is 13.2. The Morgan fingerprint density at radius 2 is 0.483 bits per heavy atom. The van der Waals surface area contributed by atoms with Crippen LogP contribution in [0.4, 0.5) is 11.4 Å². The predicted octanol–water partition coefficient (Wildman–Crippen LogP) is -2.63. The summed E-state index contributed by atoms with van der Waals surface area (Å²) in [5.41, 5.74) is 13.9. The van der Waals surface area contributed by atoms with Crippen molar-refractivity contribution in [3.05, 3.63) is 253 Å². The maximum Gasteiger partial charge on any atom is 2.00 e. The molecule has 0 amide bonds. The van der Waals surface area contributed by atoms with Gasteiger partial charge in [-0.1, -0.05) is 121 Å². The molecule has 16 rings (SSSR count). The summed E-state index contributed by atoms with van der Waals surface area (Å²) in [4.78, 5) is 57.2. The number of imidazole rings is 6. The first-order chi connectivity index (χ1) is 51.4. The van der Waals surface area contributed by atoms with Gasteiger partial charge in [0.15, 0.2) is 0 Å². The molecule has 0 atom stereocenters. The van der Waals surface area contributed by atoms with Gasteiger partial charge in [-0.2, -0.15) is 0 Å². The average Bonchev–Trinajstić information content (AvgIpc) is 1.18. The fraction of sp³-hybridized carbons (Fsp3) is 0.139. The van der Waals surface area contributed by atoms with Crippen LogP contribution >= 0.6 is 0 Å². The number of halogens is 2. The third-order valence-corrected chi connectivity index (χ3v) is 17.9. The summed E-state index contributed by atoms with van der Waals surface area (Å²) in [6.45, 7) is 3.93. The van der Waals surface area contributed by atoms with Crippen molar-refractivity contribution in [3.8, 4) is 0 Å². The van der Waals surface area contributed by atoms with E-state index in [1.807, 2.05) is 159 Å². The molecule has 116 heavy (non-hydrogen) atoms. The second-order valence-electron chi connectivity index (χ2n) is 24.2. The number of benzene rings is 10. The van der Waals surface area contributed by atoms with Crippen molar-refractivity contribution in [1.82, 2.24) is 69.6 Å². The Morgan fingerprint density at radius 1 is 0.310 bits per heavy atom. The first kappa shape index (κ1) is 102. The molecule has 0 fully saturated rings. The van der Waals surface area contributed by atoms with Crippen LogP contribution in [0.15, 0.2) is 228 Å². The van der Waals surface area contributed by atoms with Crippen molar-refractivity contribution < 1.29 is 166 Å². The van der Waals surface area contributed by atoms with Crippen LogP contribution in [0.5, 0.6) is 0 Å². The molecule has 10 aromatic carbocycles. The van der Waals surface area contributed by atoms with E-state index < -0.39 is 40.7 Å². The van der Waals surface area contributed by atoms with E-state index in [1.54, 1.807) is 48.5 Å². The monoisotopic (exact) mass is 1780 g/mol. The van der Waals surface area contributed by atoms with Crippen LogP contribution in [0.25, 0.3) is 87.7 Å². The van der Waals surface area contributed by atoms with Crippen molar-refractivity contribution in [3.63, 3.8) is 0 Å². The summed E-state index contributed by atoms with van der Waals surface area (Å²) in [7, 11) is -11.3. The fourth-order valence-electron chi connectivity index (χ4n) is 11.8. The van der Waals surface area contributed by atoms with Crippen LogP contribution in [0.2, 0.25) is 0 Å². The van der Waals surface area contributed by atoms with Crippen LogP contribution in [-0.4, -0.2) is 167 Å². The Hall–Kier alpha value is -9.93.